The summed E-state index contributed by atoms with van der Waals surface area (Å²) < 4.78 is 40.9. The molecule has 2 saturated heterocycles. The minimum atomic E-state index is -4.55. The number of halogens is 3. The number of carbonyl (C=O) groups is 22. The SMILES string of the molecule is CC(C)C[C@H](NC(=O)CNC(=O)C(C)(C)NC(=O)[C@@H](NC(=O)C(C)(C)NC(=O)[C@H](CCC(N)=O)NC(=O)[C@H](C)NC(=O)C(C)(C)NC(=O)[C@H](C)NC(=O)C(C)(C)NC(=O)[C@@H]1CCN(C(=O)C(C)(C)n2cc(-c3ccc(C(F)(F)F)cc3)nn2)C1)C(C)C)C(=O)NC(C)(C)C(=O)N1CCC[C@@H]1C(=O)N[C@H](C(=O)NC(C)(C)C(=O)NC(C)(C)C(=O)N[C@@H](CCC(N)=O)C(=O)N[C@@H](CCC(N)=O)C(=O)N[C@H](CO)Cc1ccccc1)C(C)C. The van der Waals surface area contributed by atoms with Crippen molar-refractivity contribution in [3.05, 3.63) is 71.9 Å². The van der Waals surface area contributed by atoms with Crippen molar-refractivity contribution < 1.29 is 124 Å². The third-order valence-electron chi connectivity index (χ3n) is 25.3. The molecule has 2 fully saturated rings. The van der Waals surface area contributed by atoms with Crippen LogP contribution in [0.4, 0.5) is 13.2 Å². The van der Waals surface area contributed by atoms with E-state index in [1.54, 1.807) is 85.7 Å². The van der Waals surface area contributed by atoms with Gasteiger partial charge in [0.25, 0.3) is 0 Å². The molecule has 1 aromatic heterocycles. The van der Waals surface area contributed by atoms with Crippen molar-refractivity contribution in [2.75, 3.05) is 32.8 Å². The van der Waals surface area contributed by atoms with Crippen LogP contribution in [0.25, 0.3) is 11.3 Å². The third kappa shape index (κ3) is 36.9. The zero-order chi connectivity index (χ0) is 114. The van der Waals surface area contributed by atoms with E-state index in [-0.39, 0.29) is 69.8 Å². The largest absolute Gasteiger partial charge is 0.416 e. The molecule has 2 aromatic carbocycles. The molecule has 150 heavy (non-hydrogen) atoms. The molecular weight excluding hydrogens is 1960 g/mol. The predicted octanol–water partition coefficient (Wildman–Crippen LogP) is -2.29. The van der Waals surface area contributed by atoms with E-state index in [0.717, 1.165) is 17.7 Å². The van der Waals surface area contributed by atoms with Gasteiger partial charge in [-0.3, -0.25) is 105 Å². The fourth-order valence-corrected chi connectivity index (χ4v) is 15.8. The Morgan fingerprint density at radius 2 is 0.860 bits per heavy atom. The molecule has 0 saturated carbocycles. The molecule has 22 amide bonds. The topological polar surface area (TPSA) is 716 Å². The van der Waals surface area contributed by atoms with E-state index < -0.39 is 303 Å². The molecule has 51 heteroatoms. The zero-order valence-electron chi connectivity index (χ0n) is 89.7. The van der Waals surface area contributed by atoms with Gasteiger partial charge in [0.05, 0.1) is 36.9 Å². The van der Waals surface area contributed by atoms with E-state index in [4.69, 9.17) is 17.2 Å². The number of alkyl halides is 3. The number of benzene rings is 2. The maximum absolute atomic E-state index is 14.6. The van der Waals surface area contributed by atoms with Crippen LogP contribution < -0.4 is 108 Å². The smallest absolute Gasteiger partial charge is 0.394 e. The summed E-state index contributed by atoms with van der Waals surface area (Å²) in [4.78, 5) is 305. The first kappa shape index (κ1) is 126. The average molecular weight is 2120 g/mol. The van der Waals surface area contributed by atoms with E-state index >= 15 is 0 Å². The molecule has 48 nitrogen and oxygen atoms in total. The number of aliphatic hydroxyl groups excluding tert-OH is 1. The van der Waals surface area contributed by atoms with E-state index in [1.807, 2.05) is 0 Å². The molecule has 0 radical (unpaired) electrons. The highest BCUT2D eigenvalue weighted by atomic mass is 19.4. The molecule has 832 valence electrons. The summed E-state index contributed by atoms with van der Waals surface area (Å²) in [6.07, 6.45) is -4.80. The maximum atomic E-state index is 14.6. The van der Waals surface area contributed by atoms with Gasteiger partial charge in [0.2, 0.25) is 130 Å². The molecular formula is C99H152F3N25O23. The Kier molecular flexibility index (Phi) is 44.3. The molecule has 3 heterocycles. The number of nitrogens with two attached hydrogens (primary N) is 3. The Morgan fingerprint density at radius 3 is 1.37 bits per heavy atom. The zero-order valence-corrected chi connectivity index (χ0v) is 89.7. The summed E-state index contributed by atoms with van der Waals surface area (Å²) in [5.74, 6) is -21.4. The molecule has 0 unspecified atom stereocenters. The number of aliphatic hydroxyl groups is 1. The van der Waals surface area contributed by atoms with Gasteiger partial charge in [-0.1, -0.05) is 89.2 Å². The summed E-state index contributed by atoms with van der Waals surface area (Å²) in [5.41, 5.74) is 2.57. The quantitative estimate of drug-likeness (QED) is 0.0283. The summed E-state index contributed by atoms with van der Waals surface area (Å²) in [7, 11) is 0. The Morgan fingerprint density at radius 1 is 0.427 bits per heavy atom. The first-order valence-electron chi connectivity index (χ1n) is 49.5. The predicted molar refractivity (Wildman–Crippen MR) is 538 cm³/mol. The molecule has 5 rings (SSSR count). The van der Waals surface area contributed by atoms with Crippen molar-refractivity contribution in [2.45, 2.75) is 348 Å². The highest BCUT2D eigenvalue weighted by Gasteiger charge is 2.49. The molecule has 11 atom stereocenters. The minimum Gasteiger partial charge on any atom is -0.394 e. The van der Waals surface area contributed by atoms with Crippen LogP contribution in [0, 0.1) is 23.7 Å². The molecule has 24 N–H and O–H groups in total. The van der Waals surface area contributed by atoms with Crippen molar-refractivity contribution in [2.24, 2.45) is 40.9 Å². The van der Waals surface area contributed by atoms with Gasteiger partial charge in [0.15, 0.2) is 0 Å². The van der Waals surface area contributed by atoms with E-state index in [0.29, 0.717) is 12.0 Å². The summed E-state index contributed by atoms with van der Waals surface area (Å²) in [5, 5.41) is 61.6. The van der Waals surface area contributed by atoms with Gasteiger partial charge in [-0.05, 0) is 211 Å². The number of rotatable bonds is 54. The van der Waals surface area contributed by atoms with Crippen LogP contribution in [0.1, 0.15) is 242 Å². The lowest BCUT2D eigenvalue weighted by Crippen LogP contribution is -2.66. The number of hydrogen-bond donors (Lipinski definition) is 21. The van der Waals surface area contributed by atoms with Crippen molar-refractivity contribution in [3.63, 3.8) is 0 Å². The van der Waals surface area contributed by atoms with Crippen LogP contribution >= 0.6 is 0 Å². The number of likely N-dealkylation sites (tertiary alicyclic amines) is 2. The van der Waals surface area contributed by atoms with Gasteiger partial charge in [-0.15, -0.1) is 5.10 Å². The molecule has 0 spiro atoms. The van der Waals surface area contributed by atoms with Gasteiger partial charge in [0, 0.05) is 44.5 Å². The Hall–Kier alpha value is -14.3. The first-order chi connectivity index (χ1) is 69.0. The van der Waals surface area contributed by atoms with Gasteiger partial charge in [-0.2, -0.15) is 13.2 Å². The lowest BCUT2D eigenvalue weighted by Gasteiger charge is -2.36. The van der Waals surface area contributed by atoms with Crippen molar-refractivity contribution in [1.82, 2.24) is 115 Å². The molecule has 2 aliphatic heterocycles. The van der Waals surface area contributed by atoms with Crippen LogP contribution in [0.2, 0.25) is 0 Å². The van der Waals surface area contributed by atoms with Gasteiger partial charge in [-0.25, -0.2) is 4.68 Å². The van der Waals surface area contributed by atoms with Crippen LogP contribution in [0.3, 0.4) is 0 Å². The van der Waals surface area contributed by atoms with E-state index in [9.17, 15) is 124 Å². The van der Waals surface area contributed by atoms with Crippen LogP contribution in [0.5, 0.6) is 0 Å². The van der Waals surface area contributed by atoms with Crippen LogP contribution in [-0.4, -0.2) is 292 Å². The molecule has 2 aliphatic rings. The number of primary amides is 3. The number of nitrogens with one attached hydrogen (secondary N) is 17. The second-order valence-electron chi connectivity index (χ2n) is 43.3. The normalized spacial score (nSPS) is 16.0. The summed E-state index contributed by atoms with van der Waals surface area (Å²) in [6.45, 7) is 32.5. The Balaban J connectivity index is 1.12. The number of amides is 22. The standard InChI is InChI=1S/C99H152F3N25O23/c1-51(2)45-64(79(139)119-97(21,22)89(149)126-43-28-31-66(126)80(140)114-71(52(3)4)81(141)121-96(19,20)88(148)122-95(17,18)86(146)113-62(37-40-68(104)130)77(137)112-61(36-39-67(103)129)76(136)109-60(50-128)46-56-29-26-25-27-30-56)110-70(132)47-106-83(143)91(9,10)120-82(142)72(53(5)6)115-87(147)94(15,16)118-78(138)63(38-41-69(105)131)111-73(133)54(7)107-84(144)92(11,12)116-74(134)55(8)108-85(145)93(13,14)117-75(135)58-42-44-125(48-58)90(150)98(23,24)127-49-65(123-124-127)57-32-34-59(35-33-57)99(100,101)102/h25-27,29-30,32-35,49,51-55,58,60-64,66,71-72,128H,28,31,36-48,50H2,1-24H3,(H2,103,129)(H2,104,130)(H2,105,131)(H,106,143)(H,107,144)(H,108,145)(H,109,136)(H,110,132)(H,111,133)(H,112,137)(H,113,146)(H,114,140)(H,115,147)(H,116,134)(H,117,135)(H,118,138)(H,119,139)(H,120,142)(H,121,141)(H,122,148)/t54-,55-,58+,60-,61-,62-,63-,64-,66+,71-,72-/m0/s1. The Bertz CT molecular complexity index is 5450. The second kappa shape index (κ2) is 52.7. The van der Waals surface area contributed by atoms with Crippen LogP contribution in [0.15, 0.2) is 60.8 Å². The Labute approximate surface area is 869 Å². The summed E-state index contributed by atoms with van der Waals surface area (Å²) in [6, 6.07) is -0.528. The fraction of sp³-hybridized carbons (Fsp3) is 0.636. The number of nitrogens with zero attached hydrogens (tertiary/aromatic N) is 5. The maximum Gasteiger partial charge on any atom is 0.416 e. The molecule has 0 aliphatic carbocycles. The van der Waals surface area contributed by atoms with Crippen molar-refractivity contribution >= 4 is 130 Å². The fourth-order valence-electron chi connectivity index (χ4n) is 15.8. The van der Waals surface area contributed by atoms with E-state index in [2.05, 4.69) is 101 Å². The van der Waals surface area contributed by atoms with Crippen molar-refractivity contribution in [3.8, 4) is 11.3 Å². The molecule has 0 bridgehead atoms. The average Bonchev–Trinajstić information content (AvgIpc) is 1.64. The van der Waals surface area contributed by atoms with Crippen molar-refractivity contribution in [1.29, 1.82) is 0 Å². The van der Waals surface area contributed by atoms with Crippen LogP contribution in [-0.2, 0) is 124 Å². The number of carbonyl (C=O) groups excluding carboxylic acids is 22. The lowest BCUT2D eigenvalue weighted by atomic mass is 9.96. The van der Waals surface area contributed by atoms with E-state index in [1.165, 1.54) is 144 Å². The summed E-state index contributed by atoms with van der Waals surface area (Å²) >= 11 is 0. The van der Waals surface area contributed by atoms with Gasteiger partial charge >= 0.3 is 6.18 Å². The monoisotopic (exact) mass is 2120 g/mol. The lowest BCUT2D eigenvalue weighted by molar-refractivity contribution is -0.146. The minimum absolute atomic E-state index is 0.00117. The first-order valence-corrected chi connectivity index (χ1v) is 49.5. The third-order valence-corrected chi connectivity index (χ3v) is 25.3. The highest BCUT2D eigenvalue weighted by molar-refractivity contribution is 6.04. The second-order valence-corrected chi connectivity index (χ2v) is 43.3. The number of aromatic nitrogens is 3. The van der Waals surface area contributed by atoms with Gasteiger partial charge < -0.3 is 122 Å². The number of hydrogen-bond acceptors (Lipinski definition) is 25. The highest BCUT2D eigenvalue weighted by Crippen LogP contribution is 2.33. The van der Waals surface area contributed by atoms with Gasteiger partial charge in [0.1, 0.15) is 104 Å². The molecule has 3 aromatic rings.